The van der Waals surface area contributed by atoms with Gasteiger partial charge in [-0.05, 0) is 44.0 Å². The first-order chi connectivity index (χ1) is 10.3. The van der Waals surface area contributed by atoms with Gasteiger partial charge in [-0.15, -0.1) is 0 Å². The largest absolute Gasteiger partial charge is 0.497 e. The molecule has 2 rings (SSSR count). The molecule has 0 saturated carbocycles. The van der Waals surface area contributed by atoms with E-state index in [2.05, 4.69) is 0 Å². The van der Waals surface area contributed by atoms with E-state index in [1.807, 2.05) is 32.9 Å². The van der Waals surface area contributed by atoms with Crippen LogP contribution in [0.2, 0.25) is 0 Å². The Labute approximate surface area is 132 Å². The van der Waals surface area contributed by atoms with Crippen molar-refractivity contribution in [1.82, 2.24) is 0 Å². The van der Waals surface area contributed by atoms with Gasteiger partial charge in [0.05, 0.1) is 17.7 Å². The molecule has 0 radical (unpaired) electrons. The zero-order chi connectivity index (χ0) is 16.5. The quantitative estimate of drug-likeness (QED) is 0.867. The van der Waals surface area contributed by atoms with E-state index in [1.165, 1.54) is 4.31 Å². The second-order valence-electron chi connectivity index (χ2n) is 5.40. The molecule has 118 valence electrons. The maximum absolute atomic E-state index is 13.0. The number of nitrogens with zero attached hydrogens (tertiary/aromatic N) is 1. The summed E-state index contributed by atoms with van der Waals surface area (Å²) in [5, 5.41) is 0. The predicted molar refractivity (Wildman–Crippen MR) is 89.2 cm³/mol. The summed E-state index contributed by atoms with van der Waals surface area (Å²) >= 11 is 0. The van der Waals surface area contributed by atoms with Crippen LogP contribution in [0.4, 0.5) is 5.69 Å². The zero-order valence-electron chi connectivity index (χ0n) is 13.5. The van der Waals surface area contributed by atoms with E-state index in [0.717, 1.165) is 16.7 Å². The lowest BCUT2D eigenvalue weighted by Gasteiger charge is -2.22. The van der Waals surface area contributed by atoms with Gasteiger partial charge in [-0.2, -0.15) is 0 Å². The Hall–Kier alpha value is -2.01. The van der Waals surface area contributed by atoms with Crippen LogP contribution in [0.15, 0.2) is 41.3 Å². The third-order valence-electron chi connectivity index (χ3n) is 3.64. The van der Waals surface area contributed by atoms with Crippen LogP contribution in [0.3, 0.4) is 0 Å². The van der Waals surface area contributed by atoms with Crippen LogP contribution in [0.25, 0.3) is 0 Å². The molecule has 0 fully saturated rings. The smallest absolute Gasteiger partial charge is 0.264 e. The van der Waals surface area contributed by atoms with Gasteiger partial charge < -0.3 is 4.74 Å². The summed E-state index contributed by atoms with van der Waals surface area (Å²) in [4.78, 5) is 0.364. The molecular weight excluding hydrogens is 298 g/mol. The summed E-state index contributed by atoms with van der Waals surface area (Å²) in [6.45, 7) is 5.61. The van der Waals surface area contributed by atoms with Gasteiger partial charge in [0.15, 0.2) is 0 Å². The monoisotopic (exact) mass is 319 g/mol. The van der Waals surface area contributed by atoms with E-state index in [1.54, 1.807) is 38.4 Å². The number of ether oxygens (including phenoxy) is 1. The zero-order valence-corrected chi connectivity index (χ0v) is 14.4. The summed E-state index contributed by atoms with van der Waals surface area (Å²) < 4.78 is 32.4. The SMILES string of the molecule is COc1cccc(N(C)S(=O)(=O)c2c(C)cc(C)cc2C)c1. The Bertz CT molecular complexity index is 774. The highest BCUT2D eigenvalue weighted by Crippen LogP contribution is 2.29. The fourth-order valence-corrected chi connectivity index (χ4v) is 4.25. The Morgan fingerprint density at radius 3 is 2.14 bits per heavy atom. The molecule has 5 heteroatoms. The molecule has 0 unspecified atom stereocenters. The van der Waals surface area contributed by atoms with Crippen LogP contribution in [0.1, 0.15) is 16.7 Å². The summed E-state index contributed by atoms with van der Waals surface area (Å²) in [7, 11) is -0.502. The van der Waals surface area contributed by atoms with Crippen molar-refractivity contribution in [2.45, 2.75) is 25.7 Å². The molecular formula is C17H21NO3S. The third kappa shape index (κ3) is 2.95. The highest BCUT2D eigenvalue weighted by atomic mass is 32.2. The van der Waals surface area contributed by atoms with Crippen molar-refractivity contribution in [3.8, 4) is 5.75 Å². The second kappa shape index (κ2) is 6.01. The van der Waals surface area contributed by atoms with Crippen molar-refractivity contribution in [1.29, 1.82) is 0 Å². The predicted octanol–water partition coefficient (Wildman–Crippen LogP) is 3.45. The molecule has 0 spiro atoms. The van der Waals surface area contributed by atoms with Gasteiger partial charge in [0.25, 0.3) is 10.0 Å². The number of hydrogen-bond donors (Lipinski definition) is 0. The number of hydrogen-bond acceptors (Lipinski definition) is 3. The van der Waals surface area contributed by atoms with Crippen LogP contribution in [-0.4, -0.2) is 22.6 Å². The first kappa shape index (κ1) is 16.4. The molecule has 2 aromatic carbocycles. The van der Waals surface area contributed by atoms with Crippen molar-refractivity contribution >= 4 is 15.7 Å². The van der Waals surface area contributed by atoms with Crippen molar-refractivity contribution in [3.05, 3.63) is 53.1 Å². The van der Waals surface area contributed by atoms with E-state index in [-0.39, 0.29) is 0 Å². The minimum atomic E-state index is -3.62. The molecule has 0 N–H and O–H groups in total. The van der Waals surface area contributed by atoms with Crippen molar-refractivity contribution < 1.29 is 13.2 Å². The van der Waals surface area contributed by atoms with Gasteiger partial charge in [-0.25, -0.2) is 8.42 Å². The number of anilines is 1. The molecule has 0 aliphatic heterocycles. The fourth-order valence-electron chi connectivity index (χ4n) is 2.66. The Morgan fingerprint density at radius 2 is 1.59 bits per heavy atom. The van der Waals surface area contributed by atoms with Crippen LogP contribution < -0.4 is 9.04 Å². The standard InChI is InChI=1S/C17H21NO3S/c1-12-9-13(2)17(14(3)10-12)22(19,20)18(4)15-7-6-8-16(11-15)21-5/h6-11H,1-5H3. The van der Waals surface area contributed by atoms with Crippen LogP contribution in [0, 0.1) is 20.8 Å². The Kier molecular flexibility index (Phi) is 4.47. The average Bonchev–Trinajstić information content (AvgIpc) is 2.45. The van der Waals surface area contributed by atoms with Gasteiger partial charge in [0.2, 0.25) is 0 Å². The molecule has 22 heavy (non-hydrogen) atoms. The van der Waals surface area contributed by atoms with E-state index in [4.69, 9.17) is 4.74 Å². The molecule has 0 bridgehead atoms. The van der Waals surface area contributed by atoms with Crippen molar-refractivity contribution in [2.24, 2.45) is 0 Å². The molecule has 0 aliphatic carbocycles. The molecule has 0 aliphatic rings. The third-order valence-corrected chi connectivity index (χ3v) is 5.73. The number of sulfonamides is 1. The summed E-state index contributed by atoms with van der Waals surface area (Å²) in [5.74, 6) is 0.622. The molecule has 0 aromatic heterocycles. The molecule has 2 aromatic rings. The van der Waals surface area contributed by atoms with Gasteiger partial charge >= 0.3 is 0 Å². The number of methoxy groups -OCH3 is 1. The molecule has 0 atom stereocenters. The average molecular weight is 319 g/mol. The highest BCUT2D eigenvalue weighted by molar-refractivity contribution is 7.92. The summed E-state index contributed by atoms with van der Waals surface area (Å²) in [6.07, 6.45) is 0. The maximum atomic E-state index is 13.0. The second-order valence-corrected chi connectivity index (χ2v) is 7.31. The molecule has 0 saturated heterocycles. The van der Waals surface area contributed by atoms with Crippen molar-refractivity contribution in [3.63, 3.8) is 0 Å². The van der Waals surface area contributed by atoms with E-state index in [9.17, 15) is 8.42 Å². The van der Waals surface area contributed by atoms with Crippen LogP contribution >= 0.6 is 0 Å². The van der Waals surface area contributed by atoms with Gasteiger partial charge in [0.1, 0.15) is 5.75 Å². The molecule has 4 nitrogen and oxygen atoms in total. The van der Waals surface area contributed by atoms with Crippen LogP contribution in [-0.2, 0) is 10.0 Å². The maximum Gasteiger partial charge on any atom is 0.264 e. The minimum absolute atomic E-state index is 0.364. The van der Waals surface area contributed by atoms with Gasteiger partial charge in [-0.1, -0.05) is 23.8 Å². The normalized spacial score (nSPS) is 11.3. The van der Waals surface area contributed by atoms with Gasteiger partial charge in [-0.3, -0.25) is 4.31 Å². The first-order valence-electron chi connectivity index (χ1n) is 6.98. The number of rotatable bonds is 4. The number of benzene rings is 2. The fraction of sp³-hybridized carbons (Fsp3) is 0.294. The topological polar surface area (TPSA) is 46.6 Å². The molecule has 0 amide bonds. The Morgan fingerprint density at radius 1 is 1.00 bits per heavy atom. The van der Waals surface area contributed by atoms with Crippen LogP contribution in [0.5, 0.6) is 5.75 Å². The lowest BCUT2D eigenvalue weighted by Crippen LogP contribution is -2.28. The Balaban J connectivity index is 2.55. The van der Waals surface area contributed by atoms with Crippen molar-refractivity contribution in [2.75, 3.05) is 18.5 Å². The molecule has 0 heterocycles. The van der Waals surface area contributed by atoms with E-state index in [0.29, 0.717) is 16.3 Å². The first-order valence-corrected chi connectivity index (χ1v) is 8.42. The van der Waals surface area contributed by atoms with Gasteiger partial charge in [0, 0.05) is 13.1 Å². The highest BCUT2D eigenvalue weighted by Gasteiger charge is 2.25. The lowest BCUT2D eigenvalue weighted by molar-refractivity contribution is 0.415. The van der Waals surface area contributed by atoms with E-state index < -0.39 is 10.0 Å². The lowest BCUT2D eigenvalue weighted by atomic mass is 10.1. The summed E-state index contributed by atoms with van der Waals surface area (Å²) in [5.41, 5.74) is 3.14. The number of aryl methyl sites for hydroxylation is 3. The minimum Gasteiger partial charge on any atom is -0.497 e. The summed E-state index contributed by atoms with van der Waals surface area (Å²) in [6, 6.07) is 10.8. The van der Waals surface area contributed by atoms with E-state index >= 15 is 0 Å².